The third-order valence-corrected chi connectivity index (χ3v) is 3.67. The molecule has 1 aromatic carbocycles. The fourth-order valence-corrected chi connectivity index (χ4v) is 2.60. The molecule has 0 spiro atoms. The molecule has 1 heterocycles. The molecule has 1 aliphatic heterocycles. The first-order chi connectivity index (χ1) is 10.7. The Morgan fingerprint density at radius 3 is 2.52 bits per heavy atom. The van der Waals surface area contributed by atoms with Crippen molar-refractivity contribution in [2.75, 3.05) is 25.7 Å². The number of nitrogens with zero attached hydrogens (tertiary/aromatic N) is 1. The lowest BCUT2D eigenvalue weighted by Crippen LogP contribution is -2.44. The number of carbonyl (C=O) groups is 2. The molecule has 2 amide bonds. The molecular formula is C17H24N2O4. The highest BCUT2D eigenvalue weighted by Crippen LogP contribution is 2.35. The zero-order valence-electron chi connectivity index (χ0n) is 14.3. The van der Waals surface area contributed by atoms with Gasteiger partial charge in [0.2, 0.25) is 11.8 Å². The number of hydrogen-bond donors (Lipinski definition) is 1. The second-order valence-corrected chi connectivity index (χ2v) is 6.68. The van der Waals surface area contributed by atoms with E-state index < -0.39 is 0 Å². The Bertz CT molecular complexity index is 607. The summed E-state index contributed by atoms with van der Waals surface area (Å²) in [5, 5.41) is 2.93. The van der Waals surface area contributed by atoms with Crippen LogP contribution < -0.4 is 19.7 Å². The number of ether oxygens (including phenoxy) is 2. The number of methoxy groups -OCH3 is 2. The van der Waals surface area contributed by atoms with Crippen molar-refractivity contribution in [2.45, 2.75) is 32.7 Å². The SMILES string of the molecule is COc1ccc(N2C[C@H](C(=O)NC(C)(C)C)CC2=O)c(OC)c1. The van der Waals surface area contributed by atoms with Crippen LogP contribution in [-0.2, 0) is 9.59 Å². The lowest BCUT2D eigenvalue weighted by atomic mass is 10.0. The monoisotopic (exact) mass is 320 g/mol. The Morgan fingerprint density at radius 1 is 1.26 bits per heavy atom. The highest BCUT2D eigenvalue weighted by molar-refractivity contribution is 6.01. The second-order valence-electron chi connectivity index (χ2n) is 6.68. The van der Waals surface area contributed by atoms with E-state index in [-0.39, 0.29) is 29.7 Å². The van der Waals surface area contributed by atoms with Crippen LogP contribution in [-0.4, -0.2) is 38.1 Å². The molecule has 1 aliphatic rings. The highest BCUT2D eigenvalue weighted by atomic mass is 16.5. The Labute approximate surface area is 136 Å². The molecule has 0 radical (unpaired) electrons. The average Bonchev–Trinajstić information content (AvgIpc) is 2.86. The van der Waals surface area contributed by atoms with Crippen molar-refractivity contribution in [3.05, 3.63) is 18.2 Å². The van der Waals surface area contributed by atoms with Crippen LogP contribution in [0, 0.1) is 5.92 Å². The standard InChI is InChI=1S/C17H24N2O4/c1-17(2,3)18-16(21)11-8-15(20)19(10-11)13-7-6-12(22-4)9-14(13)23-5/h6-7,9,11H,8,10H2,1-5H3,(H,18,21)/t11-/m1/s1. The minimum atomic E-state index is -0.353. The summed E-state index contributed by atoms with van der Waals surface area (Å²) >= 11 is 0. The molecule has 6 heteroatoms. The van der Waals surface area contributed by atoms with E-state index in [9.17, 15) is 9.59 Å². The van der Waals surface area contributed by atoms with Crippen LogP contribution in [0.2, 0.25) is 0 Å². The van der Waals surface area contributed by atoms with E-state index in [1.54, 1.807) is 37.3 Å². The van der Waals surface area contributed by atoms with Gasteiger partial charge < -0.3 is 19.7 Å². The maximum absolute atomic E-state index is 12.3. The van der Waals surface area contributed by atoms with Crippen molar-refractivity contribution >= 4 is 17.5 Å². The van der Waals surface area contributed by atoms with E-state index in [1.807, 2.05) is 20.8 Å². The molecule has 1 fully saturated rings. The van der Waals surface area contributed by atoms with Gasteiger partial charge in [-0.05, 0) is 32.9 Å². The molecular weight excluding hydrogens is 296 g/mol. The molecule has 2 rings (SSSR count). The number of hydrogen-bond acceptors (Lipinski definition) is 4. The predicted molar refractivity (Wildman–Crippen MR) is 87.9 cm³/mol. The van der Waals surface area contributed by atoms with Crippen LogP contribution in [0.3, 0.4) is 0 Å². The molecule has 23 heavy (non-hydrogen) atoms. The lowest BCUT2D eigenvalue weighted by molar-refractivity contribution is -0.127. The number of rotatable bonds is 4. The molecule has 0 unspecified atom stereocenters. The molecule has 126 valence electrons. The van der Waals surface area contributed by atoms with Crippen molar-refractivity contribution < 1.29 is 19.1 Å². The number of anilines is 1. The average molecular weight is 320 g/mol. The van der Waals surface area contributed by atoms with Crippen molar-refractivity contribution in [3.8, 4) is 11.5 Å². The quantitative estimate of drug-likeness (QED) is 0.921. The fraction of sp³-hybridized carbons (Fsp3) is 0.529. The summed E-state index contributed by atoms with van der Waals surface area (Å²) in [5.74, 6) is 0.672. The Kier molecular flexibility index (Phi) is 4.82. The number of benzene rings is 1. The van der Waals surface area contributed by atoms with Crippen LogP contribution in [0.4, 0.5) is 5.69 Å². The maximum Gasteiger partial charge on any atom is 0.227 e. The first-order valence-corrected chi connectivity index (χ1v) is 7.59. The first-order valence-electron chi connectivity index (χ1n) is 7.59. The van der Waals surface area contributed by atoms with Gasteiger partial charge in [-0.3, -0.25) is 9.59 Å². The van der Waals surface area contributed by atoms with Gasteiger partial charge in [-0.15, -0.1) is 0 Å². The van der Waals surface area contributed by atoms with Gasteiger partial charge in [-0.1, -0.05) is 0 Å². The Balaban J connectivity index is 2.19. The molecule has 0 saturated carbocycles. The van der Waals surface area contributed by atoms with E-state index in [4.69, 9.17) is 9.47 Å². The van der Waals surface area contributed by atoms with E-state index >= 15 is 0 Å². The van der Waals surface area contributed by atoms with Gasteiger partial charge >= 0.3 is 0 Å². The van der Waals surface area contributed by atoms with Crippen molar-refractivity contribution in [1.82, 2.24) is 5.32 Å². The number of nitrogens with one attached hydrogen (secondary N) is 1. The summed E-state index contributed by atoms with van der Waals surface area (Å²) < 4.78 is 10.5. The third kappa shape index (κ3) is 3.94. The summed E-state index contributed by atoms with van der Waals surface area (Å²) in [4.78, 5) is 26.2. The maximum atomic E-state index is 12.3. The predicted octanol–water partition coefficient (Wildman–Crippen LogP) is 1.97. The van der Waals surface area contributed by atoms with Gasteiger partial charge in [-0.2, -0.15) is 0 Å². The smallest absolute Gasteiger partial charge is 0.227 e. The number of carbonyl (C=O) groups excluding carboxylic acids is 2. The van der Waals surface area contributed by atoms with Gasteiger partial charge in [-0.25, -0.2) is 0 Å². The molecule has 1 N–H and O–H groups in total. The fourth-order valence-electron chi connectivity index (χ4n) is 2.60. The number of amides is 2. The summed E-state index contributed by atoms with van der Waals surface area (Å²) in [7, 11) is 3.12. The van der Waals surface area contributed by atoms with Crippen molar-refractivity contribution in [3.63, 3.8) is 0 Å². The van der Waals surface area contributed by atoms with E-state index in [2.05, 4.69) is 5.32 Å². The van der Waals surface area contributed by atoms with Crippen molar-refractivity contribution in [2.24, 2.45) is 5.92 Å². The molecule has 0 aliphatic carbocycles. The van der Waals surface area contributed by atoms with E-state index in [0.29, 0.717) is 23.7 Å². The molecule has 1 aromatic rings. The molecule has 1 saturated heterocycles. The summed E-state index contributed by atoms with van der Waals surface area (Å²) in [6.07, 6.45) is 0.205. The van der Waals surface area contributed by atoms with Crippen LogP contribution in [0.5, 0.6) is 11.5 Å². The second kappa shape index (κ2) is 6.48. The van der Waals surface area contributed by atoms with E-state index in [0.717, 1.165) is 0 Å². The van der Waals surface area contributed by atoms with Crippen molar-refractivity contribution in [1.29, 1.82) is 0 Å². The van der Waals surface area contributed by atoms with Gasteiger partial charge in [0.15, 0.2) is 0 Å². The highest BCUT2D eigenvalue weighted by Gasteiger charge is 2.37. The third-order valence-electron chi connectivity index (χ3n) is 3.67. The topological polar surface area (TPSA) is 67.9 Å². The molecule has 6 nitrogen and oxygen atoms in total. The summed E-state index contributed by atoms with van der Waals surface area (Å²) in [5.41, 5.74) is 0.343. The summed E-state index contributed by atoms with van der Waals surface area (Å²) in [6.45, 7) is 6.12. The largest absolute Gasteiger partial charge is 0.497 e. The van der Waals surface area contributed by atoms with Gasteiger partial charge in [0.05, 0.1) is 25.8 Å². The first kappa shape index (κ1) is 17.1. The van der Waals surface area contributed by atoms with Crippen LogP contribution in [0.25, 0.3) is 0 Å². The van der Waals surface area contributed by atoms with Crippen LogP contribution in [0.1, 0.15) is 27.2 Å². The minimum Gasteiger partial charge on any atom is -0.497 e. The Hall–Kier alpha value is -2.24. The zero-order chi connectivity index (χ0) is 17.2. The van der Waals surface area contributed by atoms with Crippen LogP contribution >= 0.6 is 0 Å². The van der Waals surface area contributed by atoms with Crippen LogP contribution in [0.15, 0.2) is 18.2 Å². The normalized spacial score (nSPS) is 18.0. The van der Waals surface area contributed by atoms with E-state index in [1.165, 1.54) is 0 Å². The molecule has 0 aromatic heterocycles. The van der Waals surface area contributed by atoms with Gasteiger partial charge in [0, 0.05) is 24.6 Å². The van der Waals surface area contributed by atoms with Gasteiger partial charge in [0.1, 0.15) is 11.5 Å². The Morgan fingerprint density at radius 2 is 1.96 bits per heavy atom. The minimum absolute atomic E-state index is 0.0810. The summed E-state index contributed by atoms with van der Waals surface area (Å²) in [6, 6.07) is 5.28. The lowest BCUT2D eigenvalue weighted by Gasteiger charge is -2.23. The zero-order valence-corrected chi connectivity index (χ0v) is 14.3. The molecule has 0 bridgehead atoms. The molecule has 1 atom stereocenters. The van der Waals surface area contributed by atoms with Gasteiger partial charge in [0.25, 0.3) is 0 Å².